The number of benzene rings is 1. The molecule has 1 rings (SSSR count). The molecular weight excluding hydrogens is 158 g/mol. The van der Waals surface area contributed by atoms with Crippen LogP contribution in [-0.2, 0) is 4.79 Å². The van der Waals surface area contributed by atoms with Gasteiger partial charge in [-0.25, -0.2) is 0 Å². The highest BCUT2D eigenvalue weighted by Crippen LogP contribution is 2.00. The maximum absolute atomic E-state index is 11.0. The first-order valence-corrected chi connectivity index (χ1v) is 3.28. The monoisotopic (exact) mass is 165 g/mol. The summed E-state index contributed by atoms with van der Waals surface area (Å²) in [4.78, 5) is 21.0. The van der Waals surface area contributed by atoms with E-state index >= 15 is 0 Å². The van der Waals surface area contributed by atoms with Gasteiger partial charge in [-0.3, -0.25) is 14.8 Å². The zero-order chi connectivity index (χ0) is 8.97. The molecule has 0 aromatic heterocycles. The molecule has 0 spiro atoms. The van der Waals surface area contributed by atoms with E-state index in [1.165, 1.54) is 12.1 Å². The van der Waals surface area contributed by atoms with Crippen LogP contribution in [0.1, 0.15) is 10.4 Å². The second kappa shape index (κ2) is 3.64. The highest BCUT2D eigenvalue weighted by molar-refractivity contribution is 5.98. The Morgan fingerprint density at radius 3 is 2.42 bits per heavy atom. The summed E-state index contributed by atoms with van der Waals surface area (Å²) in [5.41, 5.74) is 0.270. The van der Waals surface area contributed by atoms with E-state index in [0.29, 0.717) is 0 Å². The Bertz CT molecular complexity index is 284. The fraction of sp³-hybridized carbons (Fsp3) is 0. The van der Waals surface area contributed by atoms with Crippen molar-refractivity contribution in [2.24, 2.45) is 0 Å². The second-order valence-corrected chi connectivity index (χ2v) is 2.12. The molecule has 0 radical (unpaired) electrons. The maximum atomic E-state index is 11.0. The first-order valence-electron chi connectivity index (χ1n) is 3.28. The van der Waals surface area contributed by atoms with Gasteiger partial charge in [-0.1, -0.05) is 18.2 Å². The first kappa shape index (κ1) is 8.42. The van der Waals surface area contributed by atoms with Crippen molar-refractivity contribution in [1.82, 2.24) is 5.06 Å². The third kappa shape index (κ3) is 1.67. The molecule has 0 saturated carbocycles. The van der Waals surface area contributed by atoms with Gasteiger partial charge < -0.3 is 0 Å². The predicted molar refractivity (Wildman–Crippen MR) is 40.5 cm³/mol. The van der Waals surface area contributed by atoms with Gasteiger partial charge in [0.25, 0.3) is 5.91 Å². The molecule has 0 saturated heterocycles. The Labute approximate surface area is 69.0 Å². The highest BCUT2D eigenvalue weighted by atomic mass is 16.5. The van der Waals surface area contributed by atoms with E-state index < -0.39 is 5.91 Å². The van der Waals surface area contributed by atoms with Gasteiger partial charge in [0.2, 0.25) is 6.41 Å². The zero-order valence-electron chi connectivity index (χ0n) is 6.18. The summed E-state index contributed by atoms with van der Waals surface area (Å²) in [5, 5.41) is 8.70. The van der Waals surface area contributed by atoms with Crippen molar-refractivity contribution in [1.29, 1.82) is 0 Å². The van der Waals surface area contributed by atoms with Crippen LogP contribution in [0.4, 0.5) is 0 Å². The predicted octanol–water partition coefficient (Wildman–Crippen LogP) is 0.674. The Morgan fingerprint density at radius 1 is 1.33 bits per heavy atom. The summed E-state index contributed by atoms with van der Waals surface area (Å²) in [6.45, 7) is 0. The summed E-state index contributed by atoms with van der Waals surface area (Å²) >= 11 is 0. The van der Waals surface area contributed by atoms with Gasteiger partial charge in [0.15, 0.2) is 0 Å². The molecule has 0 aliphatic heterocycles. The second-order valence-electron chi connectivity index (χ2n) is 2.12. The minimum Gasteiger partial charge on any atom is -0.278 e. The SMILES string of the molecule is O=CN(O)C(=O)c1ccccc1. The number of carbonyl (C=O) groups excluding carboxylic acids is 2. The largest absolute Gasteiger partial charge is 0.284 e. The first-order chi connectivity index (χ1) is 5.75. The Kier molecular flexibility index (Phi) is 2.55. The molecule has 2 amide bonds. The molecule has 1 aromatic carbocycles. The molecule has 0 atom stereocenters. The Balaban J connectivity index is 2.85. The van der Waals surface area contributed by atoms with Crippen molar-refractivity contribution in [3.63, 3.8) is 0 Å². The standard InChI is InChI=1S/C8H7NO3/c10-6-9(12)8(11)7-4-2-1-3-5-7/h1-6,12H. The maximum Gasteiger partial charge on any atom is 0.284 e. The summed E-state index contributed by atoms with van der Waals surface area (Å²) in [6, 6.07) is 8.04. The van der Waals surface area contributed by atoms with Gasteiger partial charge in [0, 0.05) is 5.56 Å². The van der Waals surface area contributed by atoms with Gasteiger partial charge >= 0.3 is 0 Å². The quantitative estimate of drug-likeness (QED) is 0.398. The Hall–Kier alpha value is -1.68. The van der Waals surface area contributed by atoms with E-state index in [9.17, 15) is 9.59 Å². The van der Waals surface area contributed by atoms with Crippen LogP contribution >= 0.6 is 0 Å². The van der Waals surface area contributed by atoms with Crippen LogP contribution in [0.25, 0.3) is 0 Å². The molecule has 0 aliphatic carbocycles. The molecule has 0 heterocycles. The van der Waals surface area contributed by atoms with Crippen LogP contribution in [0.3, 0.4) is 0 Å². The average molecular weight is 165 g/mol. The number of hydrogen-bond acceptors (Lipinski definition) is 3. The molecule has 4 nitrogen and oxygen atoms in total. The lowest BCUT2D eigenvalue weighted by Gasteiger charge is -2.04. The number of carbonyl (C=O) groups is 2. The topological polar surface area (TPSA) is 57.6 Å². The van der Waals surface area contributed by atoms with Crippen LogP contribution in [0.2, 0.25) is 0 Å². The summed E-state index contributed by atoms with van der Waals surface area (Å²) in [6.07, 6.45) is 0.0509. The van der Waals surface area contributed by atoms with Gasteiger partial charge in [0.05, 0.1) is 0 Å². The van der Waals surface area contributed by atoms with Crippen molar-refractivity contribution < 1.29 is 14.8 Å². The molecule has 1 aromatic rings. The van der Waals surface area contributed by atoms with Crippen molar-refractivity contribution in [3.05, 3.63) is 35.9 Å². The van der Waals surface area contributed by atoms with Crippen LogP contribution in [0, 0.1) is 0 Å². The van der Waals surface area contributed by atoms with E-state index in [4.69, 9.17) is 5.21 Å². The molecule has 0 fully saturated rings. The molecule has 12 heavy (non-hydrogen) atoms. The number of rotatable bonds is 2. The molecule has 1 N–H and O–H groups in total. The smallest absolute Gasteiger partial charge is 0.278 e. The number of imide groups is 1. The van der Waals surface area contributed by atoms with E-state index in [0.717, 1.165) is 0 Å². The summed E-state index contributed by atoms with van der Waals surface area (Å²) in [7, 11) is 0. The summed E-state index contributed by atoms with van der Waals surface area (Å²) < 4.78 is 0. The van der Waals surface area contributed by atoms with Crippen molar-refractivity contribution in [3.8, 4) is 0 Å². The number of nitrogens with zero attached hydrogens (tertiary/aromatic N) is 1. The Morgan fingerprint density at radius 2 is 1.92 bits per heavy atom. The van der Waals surface area contributed by atoms with Crippen molar-refractivity contribution in [2.45, 2.75) is 0 Å². The van der Waals surface area contributed by atoms with Gasteiger partial charge in [-0.2, -0.15) is 5.06 Å². The lowest BCUT2D eigenvalue weighted by atomic mass is 10.2. The van der Waals surface area contributed by atoms with Gasteiger partial charge in [0.1, 0.15) is 0 Å². The van der Waals surface area contributed by atoms with E-state index in [2.05, 4.69) is 0 Å². The third-order valence-corrected chi connectivity index (χ3v) is 1.33. The fourth-order valence-electron chi connectivity index (χ4n) is 0.761. The third-order valence-electron chi connectivity index (χ3n) is 1.33. The molecule has 0 unspecified atom stereocenters. The van der Waals surface area contributed by atoms with Crippen molar-refractivity contribution >= 4 is 12.3 Å². The fourth-order valence-corrected chi connectivity index (χ4v) is 0.761. The van der Waals surface area contributed by atoms with Crippen LogP contribution < -0.4 is 0 Å². The van der Waals surface area contributed by atoms with Crippen LogP contribution in [-0.4, -0.2) is 22.6 Å². The number of amides is 2. The van der Waals surface area contributed by atoms with E-state index in [1.54, 1.807) is 18.2 Å². The van der Waals surface area contributed by atoms with E-state index in [-0.39, 0.29) is 17.0 Å². The normalized spacial score (nSPS) is 9.08. The average Bonchev–Trinajstić information content (AvgIpc) is 2.17. The van der Waals surface area contributed by atoms with Gasteiger partial charge in [-0.15, -0.1) is 0 Å². The van der Waals surface area contributed by atoms with Crippen molar-refractivity contribution in [2.75, 3.05) is 0 Å². The lowest BCUT2D eigenvalue weighted by Crippen LogP contribution is -2.25. The summed E-state index contributed by atoms with van der Waals surface area (Å²) in [5.74, 6) is -0.731. The minimum atomic E-state index is -0.731. The minimum absolute atomic E-state index is 0.00926. The highest BCUT2D eigenvalue weighted by Gasteiger charge is 2.10. The number of hydrogen-bond donors (Lipinski definition) is 1. The zero-order valence-corrected chi connectivity index (χ0v) is 6.18. The van der Waals surface area contributed by atoms with Crippen LogP contribution in [0.15, 0.2) is 30.3 Å². The van der Waals surface area contributed by atoms with E-state index in [1.807, 2.05) is 0 Å². The van der Waals surface area contributed by atoms with Crippen LogP contribution in [0.5, 0.6) is 0 Å². The van der Waals surface area contributed by atoms with Gasteiger partial charge in [-0.05, 0) is 12.1 Å². The molecule has 0 bridgehead atoms. The lowest BCUT2D eigenvalue weighted by molar-refractivity contribution is -0.138. The molecule has 0 aliphatic rings. The molecular formula is C8H7NO3. The molecule has 4 heteroatoms. The molecule has 62 valence electrons. The number of hydroxylamine groups is 2.